The topological polar surface area (TPSA) is 84.0 Å². The summed E-state index contributed by atoms with van der Waals surface area (Å²) in [5.74, 6) is -0.825. The average Bonchev–Trinajstić information content (AvgIpc) is 2.96. The number of ether oxygens (including phenoxy) is 1. The highest BCUT2D eigenvalue weighted by Crippen LogP contribution is 2.30. The van der Waals surface area contributed by atoms with Crippen LogP contribution in [0.3, 0.4) is 0 Å². The minimum Gasteiger partial charge on any atom is -0.452 e. The maximum atomic E-state index is 12.1. The van der Waals surface area contributed by atoms with Crippen LogP contribution in [0.25, 0.3) is 0 Å². The highest BCUT2D eigenvalue weighted by molar-refractivity contribution is 7.92. The molecule has 1 aromatic carbocycles. The van der Waals surface area contributed by atoms with Crippen molar-refractivity contribution in [2.75, 3.05) is 36.8 Å². The van der Waals surface area contributed by atoms with Gasteiger partial charge in [-0.15, -0.1) is 0 Å². The number of fused-ring (bicyclic) bond motifs is 1. The first kappa shape index (κ1) is 18.3. The molecule has 0 bridgehead atoms. The fourth-order valence-corrected chi connectivity index (χ4v) is 3.68. The van der Waals surface area contributed by atoms with E-state index in [0.717, 1.165) is 11.8 Å². The van der Waals surface area contributed by atoms with Crippen molar-refractivity contribution in [3.63, 3.8) is 0 Å². The predicted molar refractivity (Wildman–Crippen MR) is 90.5 cm³/mol. The van der Waals surface area contributed by atoms with Gasteiger partial charge in [0.2, 0.25) is 10.0 Å². The number of likely N-dealkylation sites (N-methyl/N-ethyl adjacent to an activating group) is 1. The Morgan fingerprint density at radius 1 is 1.25 bits per heavy atom. The number of anilines is 1. The molecule has 1 amide bonds. The summed E-state index contributed by atoms with van der Waals surface area (Å²) in [6.45, 7) is 4.91. The largest absolute Gasteiger partial charge is 0.452 e. The number of carbonyl (C=O) groups is 2. The second kappa shape index (κ2) is 7.21. The zero-order valence-electron chi connectivity index (χ0n) is 14.1. The smallest absolute Gasteiger partial charge is 0.338 e. The van der Waals surface area contributed by atoms with Crippen molar-refractivity contribution < 1.29 is 22.7 Å². The Kier molecular flexibility index (Phi) is 5.48. The SMILES string of the molecule is CCN(CC)C(=O)COC(=O)c1ccc2c(c1)CCN2S(C)(=O)=O. The zero-order chi connectivity index (χ0) is 17.9. The Bertz CT molecular complexity index is 741. The van der Waals surface area contributed by atoms with Crippen LogP contribution >= 0.6 is 0 Å². The van der Waals surface area contributed by atoms with E-state index in [1.807, 2.05) is 13.8 Å². The number of amides is 1. The van der Waals surface area contributed by atoms with Crippen LogP contribution in [0.1, 0.15) is 29.8 Å². The Morgan fingerprint density at radius 3 is 2.50 bits per heavy atom. The summed E-state index contributed by atoms with van der Waals surface area (Å²) in [5, 5.41) is 0. The number of sulfonamides is 1. The molecule has 1 heterocycles. The predicted octanol–water partition coefficient (Wildman–Crippen LogP) is 1.03. The Labute approximate surface area is 142 Å². The monoisotopic (exact) mass is 354 g/mol. The van der Waals surface area contributed by atoms with Crippen LogP contribution in [0.15, 0.2) is 18.2 Å². The van der Waals surface area contributed by atoms with Crippen molar-refractivity contribution in [3.8, 4) is 0 Å². The molecular formula is C16H22N2O5S. The van der Waals surface area contributed by atoms with E-state index in [2.05, 4.69) is 0 Å². The highest BCUT2D eigenvalue weighted by atomic mass is 32.2. The normalized spacial score (nSPS) is 13.5. The zero-order valence-corrected chi connectivity index (χ0v) is 14.9. The molecule has 0 atom stereocenters. The number of carbonyl (C=O) groups excluding carboxylic acids is 2. The molecule has 0 aliphatic carbocycles. The molecule has 0 saturated heterocycles. The van der Waals surface area contributed by atoms with Gasteiger partial charge in [0, 0.05) is 19.6 Å². The Balaban J connectivity index is 2.06. The van der Waals surface area contributed by atoms with Crippen LogP contribution in [0.4, 0.5) is 5.69 Å². The molecule has 0 fully saturated rings. The molecule has 1 aliphatic heterocycles. The summed E-state index contributed by atoms with van der Waals surface area (Å²) in [6.07, 6.45) is 1.70. The third-order valence-electron chi connectivity index (χ3n) is 4.01. The molecule has 0 aromatic heterocycles. The van der Waals surface area contributed by atoms with Gasteiger partial charge in [-0.25, -0.2) is 13.2 Å². The number of benzene rings is 1. The van der Waals surface area contributed by atoms with E-state index in [1.165, 1.54) is 10.4 Å². The third-order valence-corrected chi connectivity index (χ3v) is 5.19. The van der Waals surface area contributed by atoms with Gasteiger partial charge in [-0.3, -0.25) is 9.10 Å². The van der Waals surface area contributed by atoms with E-state index >= 15 is 0 Å². The van der Waals surface area contributed by atoms with Crippen molar-refractivity contribution >= 4 is 27.6 Å². The van der Waals surface area contributed by atoms with Crippen LogP contribution in [-0.2, 0) is 26.0 Å². The van der Waals surface area contributed by atoms with Gasteiger partial charge >= 0.3 is 5.97 Å². The third kappa shape index (κ3) is 3.87. The molecule has 132 valence electrons. The molecule has 7 nitrogen and oxygen atoms in total. The van der Waals surface area contributed by atoms with Gasteiger partial charge in [0.15, 0.2) is 6.61 Å². The number of esters is 1. The summed E-state index contributed by atoms with van der Waals surface area (Å²) in [4.78, 5) is 25.5. The lowest BCUT2D eigenvalue weighted by Gasteiger charge is -2.18. The van der Waals surface area contributed by atoms with E-state index in [1.54, 1.807) is 17.0 Å². The van der Waals surface area contributed by atoms with Crippen LogP contribution in [0, 0.1) is 0 Å². The first-order valence-corrected chi connectivity index (χ1v) is 9.68. The number of hydrogen-bond donors (Lipinski definition) is 0. The lowest BCUT2D eigenvalue weighted by atomic mass is 10.1. The van der Waals surface area contributed by atoms with Gasteiger partial charge in [-0.05, 0) is 44.0 Å². The summed E-state index contributed by atoms with van der Waals surface area (Å²) in [7, 11) is -3.32. The first-order valence-electron chi connectivity index (χ1n) is 7.83. The average molecular weight is 354 g/mol. The van der Waals surface area contributed by atoms with Crippen LogP contribution in [0.5, 0.6) is 0 Å². The van der Waals surface area contributed by atoms with Crippen LogP contribution < -0.4 is 4.31 Å². The van der Waals surface area contributed by atoms with Crippen molar-refractivity contribution in [2.24, 2.45) is 0 Å². The number of rotatable bonds is 6. The van der Waals surface area contributed by atoms with Gasteiger partial charge in [0.1, 0.15) is 0 Å². The van der Waals surface area contributed by atoms with Crippen LogP contribution in [-0.4, -0.2) is 57.7 Å². The fraction of sp³-hybridized carbons (Fsp3) is 0.500. The molecule has 2 rings (SSSR count). The standard InChI is InChI=1S/C16H22N2O5S/c1-4-17(5-2)15(19)11-23-16(20)13-6-7-14-12(10-13)8-9-18(14)24(3,21)22/h6-7,10H,4-5,8-9,11H2,1-3H3. The van der Waals surface area contributed by atoms with Gasteiger partial charge in [-0.2, -0.15) is 0 Å². The molecule has 24 heavy (non-hydrogen) atoms. The lowest BCUT2D eigenvalue weighted by molar-refractivity contribution is -0.134. The summed E-state index contributed by atoms with van der Waals surface area (Å²) in [6, 6.07) is 4.75. The van der Waals surface area contributed by atoms with E-state index in [9.17, 15) is 18.0 Å². The fourth-order valence-electron chi connectivity index (χ4n) is 2.72. The minimum absolute atomic E-state index is 0.238. The Morgan fingerprint density at radius 2 is 1.92 bits per heavy atom. The van der Waals surface area contributed by atoms with Gasteiger partial charge < -0.3 is 9.64 Å². The second-order valence-electron chi connectivity index (χ2n) is 5.57. The molecule has 0 radical (unpaired) electrons. The molecular weight excluding hydrogens is 332 g/mol. The van der Waals surface area contributed by atoms with Gasteiger partial charge in [0.25, 0.3) is 5.91 Å². The molecule has 0 unspecified atom stereocenters. The second-order valence-corrected chi connectivity index (χ2v) is 7.48. The van der Waals surface area contributed by atoms with Gasteiger partial charge in [-0.1, -0.05) is 0 Å². The lowest BCUT2D eigenvalue weighted by Crippen LogP contribution is -2.34. The highest BCUT2D eigenvalue weighted by Gasteiger charge is 2.27. The van der Waals surface area contributed by atoms with Crippen molar-refractivity contribution in [1.82, 2.24) is 4.90 Å². The minimum atomic E-state index is -3.32. The quantitative estimate of drug-likeness (QED) is 0.713. The molecule has 0 spiro atoms. The number of nitrogens with zero attached hydrogens (tertiary/aromatic N) is 2. The summed E-state index contributed by atoms with van der Waals surface area (Å²) < 4.78 is 29.8. The van der Waals surface area contributed by atoms with E-state index in [-0.39, 0.29) is 12.5 Å². The summed E-state index contributed by atoms with van der Waals surface area (Å²) in [5.41, 5.74) is 1.69. The number of hydrogen-bond acceptors (Lipinski definition) is 5. The van der Waals surface area contributed by atoms with Crippen molar-refractivity contribution in [3.05, 3.63) is 29.3 Å². The van der Waals surface area contributed by atoms with Crippen molar-refractivity contribution in [1.29, 1.82) is 0 Å². The molecule has 8 heteroatoms. The maximum Gasteiger partial charge on any atom is 0.338 e. The van der Waals surface area contributed by atoms with E-state index in [4.69, 9.17) is 4.74 Å². The van der Waals surface area contributed by atoms with E-state index < -0.39 is 16.0 Å². The molecule has 0 saturated carbocycles. The summed E-state index contributed by atoms with van der Waals surface area (Å²) >= 11 is 0. The molecule has 1 aliphatic rings. The molecule has 0 N–H and O–H groups in total. The van der Waals surface area contributed by atoms with Crippen LogP contribution in [0.2, 0.25) is 0 Å². The molecule has 1 aromatic rings. The maximum absolute atomic E-state index is 12.1. The first-order chi connectivity index (χ1) is 11.3. The van der Waals surface area contributed by atoms with Crippen molar-refractivity contribution in [2.45, 2.75) is 20.3 Å². The Hall–Kier alpha value is -2.09. The van der Waals surface area contributed by atoms with E-state index in [0.29, 0.717) is 37.3 Å². The van der Waals surface area contributed by atoms with Gasteiger partial charge in [0.05, 0.1) is 17.5 Å².